The molecule has 9 heteroatoms. The van der Waals surface area contributed by atoms with Crippen LogP contribution in [0.5, 0.6) is 0 Å². The van der Waals surface area contributed by atoms with E-state index in [1.54, 1.807) is 6.07 Å². The van der Waals surface area contributed by atoms with Gasteiger partial charge in [-0.05, 0) is 31.7 Å². The van der Waals surface area contributed by atoms with Crippen molar-refractivity contribution in [2.75, 3.05) is 0 Å². The highest BCUT2D eigenvalue weighted by atomic mass is 35.5. The first-order valence-electron chi connectivity index (χ1n) is 5.75. The number of pyridine rings is 1. The van der Waals surface area contributed by atoms with E-state index in [0.29, 0.717) is 15.7 Å². The number of halogens is 1. The van der Waals surface area contributed by atoms with Gasteiger partial charge in [0.1, 0.15) is 10.9 Å². The van der Waals surface area contributed by atoms with Crippen LogP contribution < -0.4 is 11.4 Å². The summed E-state index contributed by atoms with van der Waals surface area (Å²) in [5, 5.41) is 15.0. The maximum absolute atomic E-state index is 11.7. The number of amidine groups is 1. The van der Waals surface area contributed by atoms with Gasteiger partial charge >= 0.3 is 5.69 Å². The molecular formula is C11H13ClN6OS. The number of hydrogen-bond donors (Lipinski definition) is 3. The van der Waals surface area contributed by atoms with Gasteiger partial charge in [0.25, 0.3) is 0 Å². The van der Waals surface area contributed by atoms with Crippen LogP contribution >= 0.6 is 23.4 Å². The SMILES string of the molecule is CC(C)n1c(Sc2nccc(C(=N)N)c2Cl)n[nH]c1=O. The lowest BCUT2D eigenvalue weighted by Gasteiger charge is -2.09. The summed E-state index contributed by atoms with van der Waals surface area (Å²) in [6, 6.07) is 1.52. The molecule has 0 aliphatic heterocycles. The number of rotatable bonds is 4. The van der Waals surface area contributed by atoms with Gasteiger partial charge in [0, 0.05) is 17.8 Å². The summed E-state index contributed by atoms with van der Waals surface area (Å²) >= 11 is 7.31. The zero-order valence-corrected chi connectivity index (χ0v) is 12.4. The molecule has 0 amide bonds. The minimum absolute atomic E-state index is 0.0430. The average molecular weight is 313 g/mol. The lowest BCUT2D eigenvalue weighted by Crippen LogP contribution is -2.19. The summed E-state index contributed by atoms with van der Waals surface area (Å²) in [6.07, 6.45) is 1.51. The Bertz CT molecular complexity index is 707. The topological polar surface area (TPSA) is 113 Å². The van der Waals surface area contributed by atoms with Crippen LogP contribution in [0.25, 0.3) is 0 Å². The second-order valence-corrected chi connectivity index (χ2v) is 5.60. The van der Waals surface area contributed by atoms with Crippen molar-refractivity contribution in [2.45, 2.75) is 30.1 Å². The molecule has 106 valence electrons. The molecule has 0 spiro atoms. The molecule has 0 fully saturated rings. The molecule has 0 atom stereocenters. The molecule has 0 radical (unpaired) electrons. The number of nitrogens with two attached hydrogens (primary N) is 1. The van der Waals surface area contributed by atoms with Crippen LogP contribution in [0.3, 0.4) is 0 Å². The Morgan fingerprint density at radius 1 is 1.60 bits per heavy atom. The number of aromatic nitrogens is 4. The van der Waals surface area contributed by atoms with Gasteiger partial charge in [-0.1, -0.05) is 11.6 Å². The first-order chi connectivity index (χ1) is 9.41. The number of aromatic amines is 1. The highest BCUT2D eigenvalue weighted by Gasteiger charge is 2.17. The predicted molar refractivity (Wildman–Crippen MR) is 77.6 cm³/mol. The maximum atomic E-state index is 11.7. The lowest BCUT2D eigenvalue weighted by atomic mass is 10.2. The van der Waals surface area contributed by atoms with E-state index in [9.17, 15) is 4.79 Å². The molecule has 0 aliphatic rings. The largest absolute Gasteiger partial charge is 0.384 e. The fourth-order valence-electron chi connectivity index (χ4n) is 1.61. The van der Waals surface area contributed by atoms with Crippen molar-refractivity contribution >= 4 is 29.2 Å². The summed E-state index contributed by atoms with van der Waals surface area (Å²) in [5.74, 6) is -0.137. The molecule has 0 aliphatic carbocycles. The second kappa shape index (κ2) is 5.68. The molecule has 0 saturated carbocycles. The maximum Gasteiger partial charge on any atom is 0.344 e. The molecular weight excluding hydrogens is 300 g/mol. The Kier molecular flexibility index (Phi) is 4.15. The van der Waals surface area contributed by atoms with Crippen molar-refractivity contribution in [1.82, 2.24) is 19.7 Å². The van der Waals surface area contributed by atoms with Crippen LogP contribution in [0, 0.1) is 5.41 Å². The van der Waals surface area contributed by atoms with E-state index in [-0.39, 0.29) is 22.6 Å². The van der Waals surface area contributed by atoms with Crippen LogP contribution in [0.1, 0.15) is 25.5 Å². The first kappa shape index (κ1) is 14.6. The minimum Gasteiger partial charge on any atom is -0.384 e. The smallest absolute Gasteiger partial charge is 0.344 e. The van der Waals surface area contributed by atoms with Crippen molar-refractivity contribution in [3.8, 4) is 0 Å². The van der Waals surface area contributed by atoms with Crippen molar-refractivity contribution < 1.29 is 0 Å². The van der Waals surface area contributed by atoms with Crippen molar-refractivity contribution in [3.63, 3.8) is 0 Å². The third-order valence-electron chi connectivity index (χ3n) is 2.52. The Hall–Kier alpha value is -1.80. The van der Waals surface area contributed by atoms with Crippen LogP contribution in [0.15, 0.2) is 27.2 Å². The van der Waals surface area contributed by atoms with Crippen molar-refractivity contribution in [2.24, 2.45) is 5.73 Å². The van der Waals surface area contributed by atoms with Crippen LogP contribution in [0.4, 0.5) is 0 Å². The summed E-state index contributed by atoms with van der Waals surface area (Å²) in [7, 11) is 0. The van der Waals surface area contributed by atoms with E-state index in [1.165, 1.54) is 10.8 Å². The fraction of sp³-hybridized carbons (Fsp3) is 0.273. The number of nitrogens with zero attached hydrogens (tertiary/aromatic N) is 3. The Morgan fingerprint density at radius 2 is 2.30 bits per heavy atom. The lowest BCUT2D eigenvalue weighted by molar-refractivity contribution is 0.534. The molecule has 2 aromatic heterocycles. The normalized spacial score (nSPS) is 11.0. The van der Waals surface area contributed by atoms with E-state index in [1.807, 2.05) is 13.8 Å². The van der Waals surface area contributed by atoms with Crippen LogP contribution in [-0.4, -0.2) is 25.6 Å². The highest BCUT2D eigenvalue weighted by Crippen LogP contribution is 2.32. The molecule has 7 nitrogen and oxygen atoms in total. The molecule has 20 heavy (non-hydrogen) atoms. The zero-order valence-electron chi connectivity index (χ0n) is 10.8. The number of H-pyrrole nitrogens is 1. The summed E-state index contributed by atoms with van der Waals surface area (Å²) < 4.78 is 1.50. The fourth-order valence-corrected chi connectivity index (χ4v) is 2.91. The summed E-state index contributed by atoms with van der Waals surface area (Å²) in [4.78, 5) is 15.8. The van der Waals surface area contributed by atoms with Gasteiger partial charge < -0.3 is 5.73 Å². The van der Waals surface area contributed by atoms with Gasteiger partial charge in [-0.15, -0.1) is 5.10 Å². The highest BCUT2D eigenvalue weighted by molar-refractivity contribution is 7.99. The van der Waals surface area contributed by atoms with E-state index < -0.39 is 0 Å². The van der Waals surface area contributed by atoms with Crippen molar-refractivity contribution in [3.05, 3.63) is 33.3 Å². The Labute approximate surface area is 124 Å². The second-order valence-electron chi connectivity index (χ2n) is 4.27. The quantitative estimate of drug-likeness (QED) is 0.586. The summed E-state index contributed by atoms with van der Waals surface area (Å²) in [6.45, 7) is 3.75. The monoisotopic (exact) mass is 312 g/mol. The predicted octanol–water partition coefficient (Wildman–Crippen LogP) is 1.64. The van der Waals surface area contributed by atoms with Gasteiger partial charge in [-0.3, -0.25) is 9.98 Å². The molecule has 2 rings (SSSR count). The van der Waals surface area contributed by atoms with Gasteiger partial charge in [0.15, 0.2) is 5.16 Å². The summed E-state index contributed by atoms with van der Waals surface area (Å²) in [5.41, 5.74) is 5.55. The van der Waals surface area contributed by atoms with E-state index in [4.69, 9.17) is 22.7 Å². The zero-order chi connectivity index (χ0) is 14.9. The Morgan fingerprint density at radius 3 is 2.90 bits per heavy atom. The molecule has 0 aromatic carbocycles. The minimum atomic E-state index is -0.290. The van der Waals surface area contributed by atoms with Gasteiger partial charge in [-0.25, -0.2) is 14.9 Å². The molecule has 0 unspecified atom stereocenters. The molecule has 2 aromatic rings. The van der Waals surface area contributed by atoms with E-state index >= 15 is 0 Å². The molecule has 0 bridgehead atoms. The van der Waals surface area contributed by atoms with Crippen molar-refractivity contribution in [1.29, 1.82) is 5.41 Å². The third-order valence-corrected chi connectivity index (χ3v) is 3.99. The average Bonchev–Trinajstić information content (AvgIpc) is 2.72. The van der Waals surface area contributed by atoms with E-state index in [2.05, 4.69) is 15.2 Å². The van der Waals surface area contributed by atoms with E-state index in [0.717, 1.165) is 11.8 Å². The molecule has 4 N–H and O–H groups in total. The molecule has 2 heterocycles. The van der Waals surface area contributed by atoms with Gasteiger partial charge in [-0.2, -0.15) is 0 Å². The first-order valence-corrected chi connectivity index (χ1v) is 6.95. The number of hydrogen-bond acceptors (Lipinski definition) is 5. The number of nitrogens with one attached hydrogen (secondary N) is 2. The van der Waals surface area contributed by atoms with Crippen LogP contribution in [-0.2, 0) is 0 Å². The molecule has 0 saturated heterocycles. The number of nitrogen functional groups attached to an aromatic ring is 1. The Balaban J connectivity index is 2.44. The standard InChI is InChI=1S/C11H13ClN6OS/c1-5(2)18-10(19)16-17-11(18)20-9-7(12)6(8(13)14)3-4-15-9/h3-5H,1-2H3,(H3,13,14)(H,16,19). The van der Waals surface area contributed by atoms with Crippen LogP contribution in [0.2, 0.25) is 5.02 Å². The van der Waals surface area contributed by atoms with Gasteiger partial charge in [0.2, 0.25) is 0 Å². The third kappa shape index (κ3) is 2.70. The van der Waals surface area contributed by atoms with Gasteiger partial charge in [0.05, 0.1) is 5.02 Å².